The lowest BCUT2D eigenvalue weighted by Gasteiger charge is -2.33. The van der Waals surface area contributed by atoms with Crippen molar-refractivity contribution in [1.82, 2.24) is 0 Å². The van der Waals surface area contributed by atoms with E-state index >= 15 is 0 Å². The fourth-order valence-electron chi connectivity index (χ4n) is 0.919. The summed E-state index contributed by atoms with van der Waals surface area (Å²) in [5.41, 5.74) is 0.470. The van der Waals surface area contributed by atoms with E-state index in [0.29, 0.717) is 5.41 Å². The summed E-state index contributed by atoms with van der Waals surface area (Å²) in [6.45, 7) is 13.7. The standard InChI is InChI=1S/C10H21/c1-8(2)7-9(3)10(4,5)6/h9H,7H2,1-6H3/q-1. The lowest BCUT2D eigenvalue weighted by Crippen LogP contribution is -2.18. The maximum atomic E-state index is 2.33. The number of rotatable bonds is 2. The highest BCUT2D eigenvalue weighted by Gasteiger charge is 2.16. The Balaban J connectivity index is 3.73. The lowest BCUT2D eigenvalue weighted by molar-refractivity contribution is 0.252. The van der Waals surface area contributed by atoms with Crippen molar-refractivity contribution in [3.05, 3.63) is 5.92 Å². The monoisotopic (exact) mass is 141 g/mol. The zero-order chi connectivity index (χ0) is 8.36. The molecule has 0 heterocycles. The molecule has 0 spiro atoms. The molecule has 0 nitrogen and oxygen atoms in total. The van der Waals surface area contributed by atoms with Crippen LogP contribution in [0.4, 0.5) is 0 Å². The van der Waals surface area contributed by atoms with Gasteiger partial charge < -0.3 is 5.92 Å². The van der Waals surface area contributed by atoms with Gasteiger partial charge in [0, 0.05) is 0 Å². The van der Waals surface area contributed by atoms with Crippen molar-refractivity contribution in [2.24, 2.45) is 11.3 Å². The second kappa shape index (κ2) is 3.41. The SMILES string of the molecule is C[C-](C)CC(C)C(C)(C)C. The van der Waals surface area contributed by atoms with Crippen LogP contribution in [-0.4, -0.2) is 0 Å². The Labute approximate surface area is 66.0 Å². The topological polar surface area (TPSA) is 0 Å². The van der Waals surface area contributed by atoms with Gasteiger partial charge >= 0.3 is 0 Å². The first kappa shape index (κ1) is 10.0. The van der Waals surface area contributed by atoms with Gasteiger partial charge in [-0.25, -0.2) is 0 Å². The van der Waals surface area contributed by atoms with E-state index in [-0.39, 0.29) is 0 Å². The van der Waals surface area contributed by atoms with E-state index in [1.807, 2.05) is 0 Å². The van der Waals surface area contributed by atoms with Crippen LogP contribution in [-0.2, 0) is 0 Å². The zero-order valence-electron chi connectivity index (χ0n) is 8.28. The molecule has 0 N–H and O–H groups in total. The van der Waals surface area contributed by atoms with E-state index in [9.17, 15) is 0 Å². The maximum absolute atomic E-state index is 2.33. The normalized spacial score (nSPS) is 15.9. The molecule has 0 aromatic carbocycles. The van der Waals surface area contributed by atoms with Gasteiger partial charge in [-0.2, -0.15) is 20.3 Å². The smallest absolute Gasteiger partial charge is 0.0381 e. The molecule has 0 saturated heterocycles. The minimum Gasteiger partial charge on any atom is -0.319 e. The first-order valence-corrected chi connectivity index (χ1v) is 4.13. The summed E-state index contributed by atoms with van der Waals surface area (Å²) in [6.07, 6.45) is 1.27. The Kier molecular flexibility index (Phi) is 3.41. The fourth-order valence-corrected chi connectivity index (χ4v) is 0.919. The molecule has 1 unspecified atom stereocenters. The molecule has 0 fully saturated rings. The molecule has 0 bridgehead atoms. The molecule has 0 aromatic heterocycles. The van der Waals surface area contributed by atoms with Gasteiger partial charge in [-0.3, -0.25) is 0 Å². The van der Waals surface area contributed by atoms with Gasteiger partial charge in [0.2, 0.25) is 0 Å². The molecule has 0 aromatic rings. The second-order valence-corrected chi connectivity index (χ2v) is 4.68. The molecule has 10 heavy (non-hydrogen) atoms. The minimum absolute atomic E-state index is 0.470. The van der Waals surface area contributed by atoms with Crippen molar-refractivity contribution in [2.45, 2.75) is 48.0 Å². The van der Waals surface area contributed by atoms with Gasteiger partial charge in [-0.15, -0.1) is 0 Å². The summed E-state index contributed by atoms with van der Waals surface area (Å²) in [7, 11) is 0. The Hall–Kier alpha value is 0. The van der Waals surface area contributed by atoms with E-state index in [0.717, 1.165) is 5.92 Å². The van der Waals surface area contributed by atoms with Crippen molar-refractivity contribution in [3.63, 3.8) is 0 Å². The van der Waals surface area contributed by atoms with Crippen LogP contribution in [0.5, 0.6) is 0 Å². The Morgan fingerprint density at radius 2 is 1.60 bits per heavy atom. The van der Waals surface area contributed by atoms with Crippen LogP contribution in [0.25, 0.3) is 0 Å². The van der Waals surface area contributed by atoms with Crippen LogP contribution < -0.4 is 0 Å². The predicted octanol–water partition coefficient (Wildman–Crippen LogP) is 3.67. The van der Waals surface area contributed by atoms with Crippen molar-refractivity contribution >= 4 is 0 Å². The molecule has 0 rings (SSSR count). The zero-order valence-corrected chi connectivity index (χ0v) is 8.28. The molecule has 0 saturated carbocycles. The van der Waals surface area contributed by atoms with Gasteiger partial charge in [0.15, 0.2) is 0 Å². The summed E-state index contributed by atoms with van der Waals surface area (Å²) in [6, 6.07) is 0. The van der Waals surface area contributed by atoms with Crippen LogP contribution in [0.1, 0.15) is 48.0 Å². The lowest BCUT2D eigenvalue weighted by atomic mass is 9.78. The quantitative estimate of drug-likeness (QED) is 0.515. The molecule has 62 valence electrons. The first-order chi connectivity index (χ1) is 4.34. The summed E-state index contributed by atoms with van der Waals surface area (Å²) in [5, 5.41) is 0. The minimum atomic E-state index is 0.470. The third kappa shape index (κ3) is 3.92. The predicted molar refractivity (Wildman–Crippen MR) is 47.8 cm³/mol. The van der Waals surface area contributed by atoms with Crippen LogP contribution in [0.2, 0.25) is 0 Å². The molecule has 0 aliphatic rings. The van der Waals surface area contributed by atoms with Crippen LogP contribution in [0.3, 0.4) is 0 Å². The third-order valence-electron chi connectivity index (χ3n) is 2.19. The molecule has 0 aliphatic heterocycles. The van der Waals surface area contributed by atoms with Gasteiger partial charge in [0.05, 0.1) is 0 Å². The van der Waals surface area contributed by atoms with Crippen molar-refractivity contribution in [3.8, 4) is 0 Å². The summed E-state index contributed by atoms with van der Waals surface area (Å²) in [5.74, 6) is 2.35. The average Bonchev–Trinajstić information content (AvgIpc) is 1.60. The molecular weight excluding hydrogens is 120 g/mol. The fraction of sp³-hybridized carbons (Fsp3) is 0.900. The van der Waals surface area contributed by atoms with Crippen molar-refractivity contribution < 1.29 is 0 Å². The molecule has 0 heteroatoms. The van der Waals surface area contributed by atoms with Crippen molar-refractivity contribution in [2.75, 3.05) is 0 Å². The van der Waals surface area contributed by atoms with Gasteiger partial charge in [0.1, 0.15) is 0 Å². The van der Waals surface area contributed by atoms with E-state index in [4.69, 9.17) is 0 Å². The summed E-state index contributed by atoms with van der Waals surface area (Å²) in [4.78, 5) is 0. The van der Waals surface area contributed by atoms with Gasteiger partial charge in [0.25, 0.3) is 0 Å². The Bertz CT molecular complexity index is 84.7. The molecule has 1 atom stereocenters. The number of hydrogen-bond acceptors (Lipinski definition) is 0. The molecule has 0 radical (unpaired) electrons. The van der Waals surface area contributed by atoms with Crippen LogP contribution in [0, 0.1) is 17.3 Å². The second-order valence-electron chi connectivity index (χ2n) is 4.68. The van der Waals surface area contributed by atoms with E-state index in [1.165, 1.54) is 6.42 Å². The highest BCUT2D eigenvalue weighted by molar-refractivity contribution is 4.83. The number of hydrogen-bond donors (Lipinski definition) is 0. The van der Waals surface area contributed by atoms with Crippen LogP contribution >= 0.6 is 0 Å². The largest absolute Gasteiger partial charge is 0.319 e. The van der Waals surface area contributed by atoms with E-state index < -0.39 is 0 Å². The van der Waals surface area contributed by atoms with Crippen LogP contribution in [0.15, 0.2) is 0 Å². The molecule has 0 aliphatic carbocycles. The maximum Gasteiger partial charge on any atom is -0.0381 e. The first-order valence-electron chi connectivity index (χ1n) is 4.13. The third-order valence-corrected chi connectivity index (χ3v) is 2.19. The molecule has 0 amide bonds. The van der Waals surface area contributed by atoms with Crippen molar-refractivity contribution in [1.29, 1.82) is 0 Å². The Morgan fingerprint density at radius 3 is 1.70 bits per heavy atom. The highest BCUT2D eigenvalue weighted by atomic mass is 14.3. The summed E-state index contributed by atoms with van der Waals surface area (Å²) < 4.78 is 0. The molecular formula is C10H21-. The summed E-state index contributed by atoms with van der Waals surface area (Å²) >= 11 is 0. The van der Waals surface area contributed by atoms with E-state index in [2.05, 4.69) is 41.5 Å². The Morgan fingerprint density at radius 1 is 1.20 bits per heavy atom. The average molecular weight is 141 g/mol. The van der Waals surface area contributed by atoms with Gasteiger partial charge in [-0.05, 0) is 5.41 Å². The van der Waals surface area contributed by atoms with E-state index in [1.54, 1.807) is 5.92 Å². The highest BCUT2D eigenvalue weighted by Crippen LogP contribution is 2.30. The van der Waals surface area contributed by atoms with Gasteiger partial charge in [-0.1, -0.05) is 33.6 Å².